The van der Waals surface area contributed by atoms with E-state index in [1.807, 2.05) is 6.92 Å². The van der Waals surface area contributed by atoms with Crippen LogP contribution in [0.15, 0.2) is 0 Å². The Morgan fingerprint density at radius 3 is 2.00 bits per heavy atom. The van der Waals surface area contributed by atoms with Gasteiger partial charge < -0.3 is 14.0 Å². The first-order valence-electron chi connectivity index (χ1n) is 8.14. The third-order valence-electron chi connectivity index (χ3n) is 5.01. The lowest BCUT2D eigenvalue weighted by atomic mass is 9.90. The van der Waals surface area contributed by atoms with E-state index >= 15 is 0 Å². The Hall–Kier alpha value is -0.330. The molecule has 0 aromatic rings. The maximum Gasteiger partial charge on any atom is 0.399 e. The third kappa shape index (κ3) is 3.60. The van der Waals surface area contributed by atoms with Crippen LogP contribution in [0.2, 0.25) is 0 Å². The van der Waals surface area contributed by atoms with Crippen molar-refractivity contribution < 1.29 is 27.1 Å². The molecule has 0 bridgehead atoms. The minimum absolute atomic E-state index is 0.0290. The molecular formula is C16H29F3NO2+. The van der Waals surface area contributed by atoms with Gasteiger partial charge in [-0.3, -0.25) is 0 Å². The summed E-state index contributed by atoms with van der Waals surface area (Å²) in [6.45, 7) is 4.39. The van der Waals surface area contributed by atoms with Crippen LogP contribution in [0.3, 0.4) is 0 Å². The molecule has 0 spiro atoms. The van der Waals surface area contributed by atoms with Gasteiger partial charge >= 0.3 is 6.18 Å². The summed E-state index contributed by atoms with van der Waals surface area (Å²) in [6, 6.07) is 0. The summed E-state index contributed by atoms with van der Waals surface area (Å²) in [5.41, 5.74) is -1.76. The van der Waals surface area contributed by atoms with Crippen LogP contribution in [0.1, 0.15) is 46.5 Å². The fraction of sp³-hybridized carbons (Fsp3) is 1.00. The molecule has 4 unspecified atom stereocenters. The SMILES string of the molecule is CC1OC2CCCCC2OC1[N+](C)(C)CC(C)(C)C(F)(F)F. The predicted octanol–water partition coefficient (Wildman–Crippen LogP) is 3.72. The molecule has 1 saturated carbocycles. The fourth-order valence-electron chi connectivity index (χ4n) is 3.94. The molecular weight excluding hydrogens is 295 g/mol. The molecule has 2 fully saturated rings. The lowest BCUT2D eigenvalue weighted by Gasteiger charge is -2.50. The number of hydrogen-bond donors (Lipinski definition) is 0. The Morgan fingerprint density at radius 2 is 1.50 bits per heavy atom. The number of ether oxygens (including phenoxy) is 2. The molecule has 1 aliphatic heterocycles. The van der Waals surface area contributed by atoms with Gasteiger partial charge in [0.15, 0.2) is 0 Å². The van der Waals surface area contributed by atoms with Crippen molar-refractivity contribution in [3.63, 3.8) is 0 Å². The highest BCUT2D eigenvalue weighted by Crippen LogP contribution is 2.41. The highest BCUT2D eigenvalue weighted by molar-refractivity contribution is 4.84. The van der Waals surface area contributed by atoms with Crippen molar-refractivity contribution in [2.75, 3.05) is 20.6 Å². The van der Waals surface area contributed by atoms with Crippen LogP contribution < -0.4 is 0 Å². The molecule has 2 aliphatic rings. The Kier molecular flexibility index (Phi) is 4.87. The van der Waals surface area contributed by atoms with E-state index in [4.69, 9.17) is 9.47 Å². The summed E-state index contributed by atoms with van der Waals surface area (Å²) >= 11 is 0. The molecule has 0 aromatic heterocycles. The molecule has 0 aromatic carbocycles. The van der Waals surface area contributed by atoms with Crippen LogP contribution in [-0.2, 0) is 9.47 Å². The third-order valence-corrected chi connectivity index (χ3v) is 5.01. The van der Waals surface area contributed by atoms with E-state index in [0.29, 0.717) is 0 Å². The summed E-state index contributed by atoms with van der Waals surface area (Å²) in [6.07, 6.45) is -0.473. The Bertz CT molecular complexity index is 395. The van der Waals surface area contributed by atoms with Gasteiger partial charge in [0.25, 0.3) is 0 Å². The first-order valence-corrected chi connectivity index (χ1v) is 8.14. The normalized spacial score (nSPS) is 34.4. The zero-order valence-electron chi connectivity index (χ0n) is 14.2. The summed E-state index contributed by atoms with van der Waals surface area (Å²) < 4.78 is 52.1. The number of halogens is 3. The van der Waals surface area contributed by atoms with Crippen molar-refractivity contribution in [2.24, 2.45) is 5.41 Å². The standard InChI is InChI=1S/C16H29F3NO2/c1-11-14(22-13-9-7-6-8-12(13)21-11)20(4,5)10-15(2,3)16(17,18)19/h11-14H,6-10H2,1-5H3/q+1. The Balaban J connectivity index is 2.11. The predicted molar refractivity (Wildman–Crippen MR) is 78.3 cm³/mol. The van der Waals surface area contributed by atoms with Gasteiger partial charge in [-0.05, 0) is 33.6 Å². The average molecular weight is 324 g/mol. The molecule has 6 heteroatoms. The number of fused-ring (bicyclic) bond motifs is 1. The Labute approximate surface area is 131 Å². The summed E-state index contributed by atoms with van der Waals surface area (Å²) in [7, 11) is 3.61. The molecule has 0 N–H and O–H groups in total. The molecule has 4 atom stereocenters. The summed E-state index contributed by atoms with van der Waals surface area (Å²) in [5, 5.41) is 0. The van der Waals surface area contributed by atoms with Crippen LogP contribution >= 0.6 is 0 Å². The van der Waals surface area contributed by atoms with Crippen LogP contribution in [-0.4, -0.2) is 55.8 Å². The number of nitrogens with zero attached hydrogens (tertiary/aromatic N) is 1. The van der Waals surface area contributed by atoms with Crippen molar-refractivity contribution in [3.05, 3.63) is 0 Å². The summed E-state index contributed by atoms with van der Waals surface area (Å²) in [5.74, 6) is 0. The maximum atomic E-state index is 13.2. The minimum Gasteiger partial charge on any atom is -0.364 e. The van der Waals surface area contributed by atoms with Gasteiger partial charge in [0.1, 0.15) is 11.5 Å². The second-order valence-corrected chi connectivity index (χ2v) is 8.05. The van der Waals surface area contributed by atoms with Gasteiger partial charge in [-0.1, -0.05) is 12.8 Å². The number of rotatable bonds is 3. The van der Waals surface area contributed by atoms with E-state index in [9.17, 15) is 13.2 Å². The van der Waals surface area contributed by atoms with Gasteiger partial charge in [-0.2, -0.15) is 13.2 Å². The van der Waals surface area contributed by atoms with Crippen molar-refractivity contribution in [2.45, 2.75) is 77.2 Å². The lowest BCUT2D eigenvalue weighted by molar-refractivity contribution is -0.951. The van der Waals surface area contributed by atoms with Gasteiger partial charge in [-0.15, -0.1) is 0 Å². The number of hydrogen-bond acceptors (Lipinski definition) is 2. The number of quaternary nitrogens is 1. The zero-order valence-corrected chi connectivity index (χ0v) is 14.2. The number of alkyl halides is 3. The minimum atomic E-state index is -4.23. The molecule has 1 aliphatic carbocycles. The molecule has 0 amide bonds. The van der Waals surface area contributed by atoms with Gasteiger partial charge in [0.2, 0.25) is 6.23 Å². The molecule has 1 heterocycles. The van der Waals surface area contributed by atoms with Crippen LogP contribution in [0, 0.1) is 5.41 Å². The average Bonchev–Trinajstić information content (AvgIpc) is 2.35. The Morgan fingerprint density at radius 1 is 1.00 bits per heavy atom. The van der Waals surface area contributed by atoms with Crippen molar-refractivity contribution >= 4 is 0 Å². The van der Waals surface area contributed by atoms with Crippen molar-refractivity contribution in [1.82, 2.24) is 0 Å². The molecule has 22 heavy (non-hydrogen) atoms. The second kappa shape index (κ2) is 5.95. The van der Waals surface area contributed by atoms with E-state index in [0.717, 1.165) is 25.7 Å². The van der Waals surface area contributed by atoms with Crippen LogP contribution in [0.25, 0.3) is 0 Å². The van der Waals surface area contributed by atoms with E-state index in [1.165, 1.54) is 13.8 Å². The first kappa shape index (κ1) is 18.0. The topological polar surface area (TPSA) is 18.5 Å². The molecule has 0 radical (unpaired) electrons. The van der Waals surface area contributed by atoms with E-state index in [-0.39, 0.29) is 35.6 Å². The van der Waals surface area contributed by atoms with E-state index < -0.39 is 11.6 Å². The van der Waals surface area contributed by atoms with Gasteiger partial charge in [-0.25, -0.2) is 0 Å². The molecule has 2 rings (SSSR count). The monoisotopic (exact) mass is 324 g/mol. The highest BCUT2D eigenvalue weighted by atomic mass is 19.4. The molecule has 1 saturated heterocycles. The van der Waals surface area contributed by atoms with E-state index in [1.54, 1.807) is 14.1 Å². The zero-order chi connectivity index (χ0) is 16.8. The molecule has 130 valence electrons. The smallest absolute Gasteiger partial charge is 0.364 e. The van der Waals surface area contributed by atoms with Crippen molar-refractivity contribution in [1.29, 1.82) is 0 Å². The second-order valence-electron chi connectivity index (χ2n) is 8.05. The van der Waals surface area contributed by atoms with Gasteiger partial charge in [0, 0.05) is 0 Å². The van der Waals surface area contributed by atoms with E-state index in [2.05, 4.69) is 0 Å². The lowest BCUT2D eigenvalue weighted by Crippen LogP contribution is -2.65. The highest BCUT2D eigenvalue weighted by Gasteiger charge is 2.54. The number of likely N-dealkylation sites (N-methyl/N-ethyl adjacent to an activating group) is 1. The summed E-state index contributed by atoms with van der Waals surface area (Å²) in [4.78, 5) is 0. The quantitative estimate of drug-likeness (QED) is 0.737. The van der Waals surface area contributed by atoms with Gasteiger partial charge in [0.05, 0.1) is 32.8 Å². The van der Waals surface area contributed by atoms with Crippen LogP contribution in [0.4, 0.5) is 13.2 Å². The van der Waals surface area contributed by atoms with Crippen LogP contribution in [0.5, 0.6) is 0 Å². The fourth-order valence-corrected chi connectivity index (χ4v) is 3.94. The largest absolute Gasteiger partial charge is 0.399 e. The maximum absolute atomic E-state index is 13.2. The first-order chi connectivity index (χ1) is 9.94. The molecule has 3 nitrogen and oxygen atoms in total. The van der Waals surface area contributed by atoms with Crippen molar-refractivity contribution in [3.8, 4) is 0 Å².